The Labute approximate surface area is 102 Å². The van der Waals surface area contributed by atoms with Crippen LogP contribution in [0.2, 0.25) is 0 Å². The number of nitrogens with zero attached hydrogens (tertiary/aromatic N) is 1. The van der Waals surface area contributed by atoms with Crippen LogP contribution in [0.3, 0.4) is 0 Å². The van der Waals surface area contributed by atoms with Crippen molar-refractivity contribution in [2.45, 2.75) is 6.92 Å². The van der Waals surface area contributed by atoms with Crippen LogP contribution in [0, 0.1) is 0 Å². The zero-order chi connectivity index (χ0) is 12.1. The first-order valence-corrected chi connectivity index (χ1v) is 5.76. The van der Waals surface area contributed by atoms with Crippen molar-refractivity contribution in [3.8, 4) is 0 Å². The van der Waals surface area contributed by atoms with E-state index in [2.05, 4.69) is 23.2 Å². The van der Waals surface area contributed by atoms with Crippen LogP contribution in [-0.4, -0.2) is 12.3 Å². The number of nitrogens with two attached hydrogens (primary N) is 1. The van der Waals surface area contributed by atoms with Gasteiger partial charge in [-0.15, -0.1) is 0 Å². The fourth-order valence-corrected chi connectivity index (χ4v) is 1.64. The summed E-state index contributed by atoms with van der Waals surface area (Å²) in [4.78, 5) is 4.34. The highest BCUT2D eigenvalue weighted by molar-refractivity contribution is 6.06. The van der Waals surface area contributed by atoms with Gasteiger partial charge in [0.2, 0.25) is 0 Å². The largest absolute Gasteiger partial charge is 0.399 e. The van der Waals surface area contributed by atoms with Gasteiger partial charge in [0.25, 0.3) is 0 Å². The van der Waals surface area contributed by atoms with Gasteiger partial charge < -0.3 is 5.73 Å². The molecule has 0 bridgehead atoms. The second-order valence-electron chi connectivity index (χ2n) is 3.88. The van der Waals surface area contributed by atoms with E-state index in [9.17, 15) is 0 Å². The molecule has 2 heteroatoms. The lowest BCUT2D eigenvalue weighted by Gasteiger charge is -2.03. The lowest BCUT2D eigenvalue weighted by atomic mass is 10.0. The van der Waals surface area contributed by atoms with Gasteiger partial charge in [0.05, 0.1) is 5.71 Å². The molecule has 1 aromatic carbocycles. The van der Waals surface area contributed by atoms with Crippen molar-refractivity contribution in [1.82, 2.24) is 0 Å². The van der Waals surface area contributed by atoms with Gasteiger partial charge in [0.15, 0.2) is 0 Å². The quantitative estimate of drug-likeness (QED) is 0.769. The van der Waals surface area contributed by atoms with E-state index in [1.807, 2.05) is 43.3 Å². The third-order valence-corrected chi connectivity index (χ3v) is 2.50. The molecule has 0 atom stereocenters. The molecule has 2 N–H and O–H groups in total. The van der Waals surface area contributed by atoms with E-state index in [0.29, 0.717) is 0 Å². The lowest BCUT2D eigenvalue weighted by molar-refractivity contribution is 1.13. The van der Waals surface area contributed by atoms with Gasteiger partial charge in [0.1, 0.15) is 0 Å². The first-order chi connectivity index (χ1) is 8.28. The van der Waals surface area contributed by atoms with E-state index in [0.717, 1.165) is 23.5 Å². The summed E-state index contributed by atoms with van der Waals surface area (Å²) in [7, 11) is 0. The highest BCUT2D eigenvalue weighted by Gasteiger charge is 1.97. The summed E-state index contributed by atoms with van der Waals surface area (Å²) in [6.45, 7) is 2.86. The van der Waals surface area contributed by atoms with Crippen molar-refractivity contribution in [3.63, 3.8) is 0 Å². The number of benzene rings is 1. The summed E-state index contributed by atoms with van der Waals surface area (Å²) < 4.78 is 0. The van der Waals surface area contributed by atoms with Crippen LogP contribution in [0.4, 0.5) is 5.69 Å². The molecule has 17 heavy (non-hydrogen) atoms. The maximum absolute atomic E-state index is 5.65. The number of hydrogen-bond donors (Lipinski definition) is 1. The number of aliphatic imine (C=N–C) groups is 1. The molecule has 0 unspecified atom stereocenters. The van der Waals surface area contributed by atoms with Crippen LogP contribution in [0.15, 0.2) is 59.1 Å². The number of rotatable bonds is 2. The molecule has 2 rings (SSSR count). The van der Waals surface area contributed by atoms with E-state index in [4.69, 9.17) is 5.73 Å². The molecule has 1 aliphatic rings. The van der Waals surface area contributed by atoms with E-state index in [-0.39, 0.29) is 0 Å². The minimum absolute atomic E-state index is 0.791. The van der Waals surface area contributed by atoms with Crippen LogP contribution in [0.25, 0.3) is 6.08 Å². The summed E-state index contributed by atoms with van der Waals surface area (Å²) in [6, 6.07) is 7.85. The predicted molar refractivity (Wildman–Crippen MR) is 75.1 cm³/mol. The molecule has 2 nitrogen and oxygen atoms in total. The Morgan fingerprint density at radius 1 is 1.06 bits per heavy atom. The second-order valence-corrected chi connectivity index (χ2v) is 3.88. The Morgan fingerprint density at radius 3 is 2.29 bits per heavy atom. The number of nitrogen functional groups attached to an aromatic ring is 1. The molecule has 0 amide bonds. The van der Waals surface area contributed by atoms with Gasteiger partial charge >= 0.3 is 0 Å². The third kappa shape index (κ3) is 3.18. The van der Waals surface area contributed by atoms with Crippen LogP contribution >= 0.6 is 0 Å². The molecule has 86 valence electrons. The summed E-state index contributed by atoms with van der Waals surface area (Å²) in [6.07, 6.45) is 10.3. The monoisotopic (exact) mass is 224 g/mol. The molecule has 0 aliphatic heterocycles. The zero-order valence-electron chi connectivity index (χ0n) is 9.93. The average Bonchev–Trinajstić information content (AvgIpc) is 2.35. The van der Waals surface area contributed by atoms with Crippen LogP contribution < -0.4 is 5.73 Å². The van der Waals surface area contributed by atoms with Crippen molar-refractivity contribution >= 4 is 17.5 Å². The molecule has 0 saturated carbocycles. The normalized spacial score (nSPS) is 13.9. The third-order valence-electron chi connectivity index (χ3n) is 2.50. The molecular formula is C15H16N2. The Bertz CT molecular complexity index is 484. The molecule has 0 aromatic heterocycles. The minimum Gasteiger partial charge on any atom is -0.399 e. The summed E-state index contributed by atoms with van der Waals surface area (Å²) >= 11 is 0. The lowest BCUT2D eigenvalue weighted by Crippen LogP contribution is -1.94. The Morgan fingerprint density at radius 2 is 1.71 bits per heavy atom. The molecular weight excluding hydrogens is 208 g/mol. The fraction of sp³-hybridized carbons (Fsp3) is 0.133. The van der Waals surface area contributed by atoms with Gasteiger partial charge in [-0.25, -0.2) is 0 Å². The van der Waals surface area contributed by atoms with Crippen LogP contribution in [0.1, 0.15) is 12.5 Å². The van der Waals surface area contributed by atoms with Crippen molar-refractivity contribution in [2.24, 2.45) is 4.99 Å². The van der Waals surface area contributed by atoms with Crippen LogP contribution in [-0.2, 0) is 0 Å². The van der Waals surface area contributed by atoms with Crippen LogP contribution in [0.5, 0.6) is 0 Å². The van der Waals surface area contributed by atoms with E-state index < -0.39 is 0 Å². The highest BCUT2D eigenvalue weighted by Crippen LogP contribution is 2.14. The van der Waals surface area contributed by atoms with Crippen molar-refractivity contribution in [2.75, 3.05) is 12.3 Å². The van der Waals surface area contributed by atoms with E-state index in [1.54, 1.807) is 0 Å². The van der Waals surface area contributed by atoms with Crippen molar-refractivity contribution < 1.29 is 0 Å². The van der Waals surface area contributed by atoms with Crippen molar-refractivity contribution in [3.05, 3.63) is 59.7 Å². The summed E-state index contributed by atoms with van der Waals surface area (Å²) in [5, 5.41) is 0. The Kier molecular flexibility index (Phi) is 3.55. The molecule has 0 spiro atoms. The first kappa shape index (κ1) is 11.4. The Hall–Kier alpha value is -2.09. The maximum atomic E-state index is 5.65. The molecule has 1 aromatic rings. The number of hydrogen-bond acceptors (Lipinski definition) is 2. The standard InChI is InChI=1S/C15H16N2/c1-2-17-15-9-5-13(6-10-15)11-12-3-7-14(16)8-4-12/h3-11H,2,16H2,1H3. The average molecular weight is 224 g/mol. The molecule has 0 radical (unpaired) electrons. The number of allylic oxidation sites excluding steroid dienone is 5. The fourth-order valence-electron chi connectivity index (χ4n) is 1.64. The van der Waals surface area contributed by atoms with Gasteiger partial charge in [-0.3, -0.25) is 4.99 Å². The van der Waals surface area contributed by atoms with Gasteiger partial charge in [-0.1, -0.05) is 24.3 Å². The highest BCUT2D eigenvalue weighted by atomic mass is 14.7. The molecule has 1 aliphatic carbocycles. The zero-order valence-corrected chi connectivity index (χ0v) is 9.93. The van der Waals surface area contributed by atoms with E-state index >= 15 is 0 Å². The predicted octanol–water partition coefficient (Wildman–Crippen LogP) is 3.24. The molecule has 0 fully saturated rings. The number of anilines is 1. The molecule has 0 heterocycles. The second kappa shape index (κ2) is 5.30. The van der Waals surface area contributed by atoms with E-state index in [1.165, 1.54) is 5.57 Å². The summed E-state index contributed by atoms with van der Waals surface area (Å²) in [5.74, 6) is 0. The maximum Gasteiger partial charge on any atom is 0.0574 e. The summed E-state index contributed by atoms with van der Waals surface area (Å²) in [5.41, 5.74) is 9.79. The van der Waals surface area contributed by atoms with Gasteiger partial charge in [-0.05, 0) is 48.4 Å². The molecule has 0 saturated heterocycles. The Balaban J connectivity index is 2.16. The van der Waals surface area contributed by atoms with Crippen molar-refractivity contribution in [1.29, 1.82) is 0 Å². The van der Waals surface area contributed by atoms with Gasteiger partial charge in [-0.2, -0.15) is 0 Å². The minimum atomic E-state index is 0.791. The van der Waals surface area contributed by atoms with Gasteiger partial charge in [0, 0.05) is 12.2 Å². The SMILES string of the molecule is CCN=C1C=CC(=Cc2ccc(N)cc2)C=C1. The topological polar surface area (TPSA) is 38.4 Å². The smallest absolute Gasteiger partial charge is 0.0574 e. The first-order valence-electron chi connectivity index (χ1n) is 5.76.